The lowest BCUT2D eigenvalue weighted by atomic mass is 10.3. The van der Waals surface area contributed by atoms with Crippen molar-refractivity contribution in [3.63, 3.8) is 0 Å². The highest BCUT2D eigenvalue weighted by Crippen LogP contribution is 2.21. The van der Waals surface area contributed by atoms with Crippen LogP contribution in [0.25, 0.3) is 0 Å². The highest BCUT2D eigenvalue weighted by atomic mass is 28.1. The van der Waals surface area contributed by atoms with E-state index in [1.165, 1.54) is 0 Å². The summed E-state index contributed by atoms with van der Waals surface area (Å²) in [6, 6.07) is 0. The molecule has 0 N–H and O–H groups in total. The third-order valence-electron chi connectivity index (χ3n) is 4.09. The van der Waals surface area contributed by atoms with Gasteiger partial charge in [-0.05, 0) is 39.3 Å². The van der Waals surface area contributed by atoms with Gasteiger partial charge in [-0.2, -0.15) is 0 Å². The van der Waals surface area contributed by atoms with E-state index < -0.39 is 0 Å². The first-order valence-electron chi connectivity index (χ1n) is 7.31. The van der Waals surface area contributed by atoms with E-state index in [4.69, 9.17) is 0 Å². The molecular formula is C13H33N3Si. The lowest BCUT2D eigenvalue weighted by Crippen LogP contribution is -2.70. The van der Waals surface area contributed by atoms with Crippen molar-refractivity contribution >= 4 is 10.2 Å². The van der Waals surface area contributed by atoms with Crippen molar-refractivity contribution in [3.8, 4) is 0 Å². The predicted octanol–water partition coefficient (Wildman–Crippen LogP) is 0.988. The van der Waals surface area contributed by atoms with Gasteiger partial charge in [0.2, 0.25) is 0 Å². The summed E-state index contributed by atoms with van der Waals surface area (Å²) in [7, 11) is 1.15. The minimum atomic E-state index is 0.191. The van der Waals surface area contributed by atoms with E-state index >= 15 is 0 Å². The molecule has 0 rings (SSSR count). The van der Waals surface area contributed by atoms with Crippen molar-refractivity contribution in [2.45, 2.75) is 47.0 Å². The molecule has 0 unspecified atom stereocenters. The lowest BCUT2D eigenvalue weighted by molar-refractivity contribution is -0.0979. The summed E-state index contributed by atoms with van der Waals surface area (Å²) in [6.45, 7) is 20.5. The molecule has 104 valence electrons. The minimum absolute atomic E-state index is 0.191. The Kier molecular flexibility index (Phi) is 8.29. The van der Waals surface area contributed by atoms with Crippen molar-refractivity contribution < 1.29 is 0 Å². The SMILES string of the molecule is CCN(CC)C([SiH3])(N(CC)CC)N(CC)CC. The lowest BCUT2D eigenvalue weighted by Gasteiger charge is -2.54. The van der Waals surface area contributed by atoms with Crippen LogP contribution < -0.4 is 0 Å². The van der Waals surface area contributed by atoms with Gasteiger partial charge in [0, 0.05) is 0 Å². The van der Waals surface area contributed by atoms with Crippen molar-refractivity contribution in [1.29, 1.82) is 0 Å². The van der Waals surface area contributed by atoms with Crippen LogP contribution in [0.15, 0.2) is 0 Å². The first-order valence-corrected chi connectivity index (χ1v) is 8.31. The Morgan fingerprint density at radius 3 is 0.882 bits per heavy atom. The maximum atomic E-state index is 2.62. The quantitative estimate of drug-likeness (QED) is 0.452. The summed E-state index contributed by atoms with van der Waals surface area (Å²) in [4.78, 5) is 7.87. The molecular weight excluding hydrogens is 226 g/mol. The monoisotopic (exact) mass is 259 g/mol. The van der Waals surface area contributed by atoms with Crippen LogP contribution in [0.3, 0.4) is 0 Å². The van der Waals surface area contributed by atoms with Crippen molar-refractivity contribution in [2.24, 2.45) is 0 Å². The number of rotatable bonds is 9. The molecule has 0 aromatic rings. The first-order chi connectivity index (χ1) is 8.06. The van der Waals surface area contributed by atoms with Crippen molar-refractivity contribution in [2.75, 3.05) is 39.3 Å². The van der Waals surface area contributed by atoms with Crippen LogP contribution in [-0.4, -0.2) is 69.6 Å². The van der Waals surface area contributed by atoms with Crippen molar-refractivity contribution in [1.82, 2.24) is 14.7 Å². The zero-order valence-corrected chi connectivity index (χ0v) is 15.1. The summed E-state index contributed by atoms with van der Waals surface area (Å²) in [5.74, 6) is 0. The number of nitrogens with zero attached hydrogens (tertiary/aromatic N) is 3. The second-order valence-electron chi connectivity index (χ2n) is 4.49. The molecule has 0 fully saturated rings. The molecule has 17 heavy (non-hydrogen) atoms. The van der Waals surface area contributed by atoms with Crippen molar-refractivity contribution in [3.05, 3.63) is 0 Å². The molecule has 0 aliphatic heterocycles. The van der Waals surface area contributed by atoms with Crippen LogP contribution in [-0.2, 0) is 0 Å². The van der Waals surface area contributed by atoms with Crippen LogP contribution >= 0.6 is 0 Å². The average molecular weight is 260 g/mol. The van der Waals surface area contributed by atoms with E-state index in [2.05, 4.69) is 56.2 Å². The van der Waals surface area contributed by atoms with E-state index in [0.717, 1.165) is 49.5 Å². The molecule has 4 heteroatoms. The highest BCUT2D eigenvalue weighted by molar-refractivity contribution is 6.14. The second kappa shape index (κ2) is 8.24. The van der Waals surface area contributed by atoms with Crippen LogP contribution in [0.5, 0.6) is 0 Å². The van der Waals surface area contributed by atoms with Gasteiger partial charge in [-0.25, -0.2) is 0 Å². The van der Waals surface area contributed by atoms with Crippen LogP contribution in [0.4, 0.5) is 0 Å². The van der Waals surface area contributed by atoms with Gasteiger partial charge in [-0.15, -0.1) is 0 Å². The maximum absolute atomic E-state index is 2.62. The van der Waals surface area contributed by atoms with Gasteiger partial charge in [0.1, 0.15) is 5.41 Å². The fourth-order valence-corrected chi connectivity index (χ4v) is 4.97. The van der Waals surface area contributed by atoms with Gasteiger partial charge in [0.15, 0.2) is 0 Å². The zero-order chi connectivity index (χ0) is 13.5. The maximum Gasteiger partial charge on any atom is 0.104 e. The fourth-order valence-electron chi connectivity index (χ4n) is 3.07. The van der Waals surface area contributed by atoms with Gasteiger partial charge in [0.05, 0.1) is 10.2 Å². The normalized spacial score (nSPS) is 13.2. The van der Waals surface area contributed by atoms with Gasteiger partial charge in [-0.3, -0.25) is 14.7 Å². The standard InChI is InChI=1S/C13H33N3Si/c1-7-14(8-2)13(17,15(9-3)10-4)16(11-5)12-6/h7-12H2,1-6,17H3. The summed E-state index contributed by atoms with van der Waals surface area (Å²) in [6.07, 6.45) is 0. The van der Waals surface area contributed by atoms with Crippen LogP contribution in [0.1, 0.15) is 41.5 Å². The van der Waals surface area contributed by atoms with E-state index in [1.807, 2.05) is 0 Å². The Morgan fingerprint density at radius 2 is 0.765 bits per heavy atom. The molecule has 0 saturated carbocycles. The Morgan fingerprint density at radius 1 is 0.588 bits per heavy atom. The smallest absolute Gasteiger partial charge is 0.104 e. The van der Waals surface area contributed by atoms with Crippen LogP contribution in [0.2, 0.25) is 0 Å². The Hall–Kier alpha value is 0.0969. The van der Waals surface area contributed by atoms with Gasteiger partial charge >= 0.3 is 0 Å². The first kappa shape index (κ1) is 17.1. The minimum Gasteiger partial charge on any atom is -0.278 e. The Bertz CT molecular complexity index is 156. The summed E-state index contributed by atoms with van der Waals surface area (Å²) in [5.41, 5.74) is 0.191. The summed E-state index contributed by atoms with van der Waals surface area (Å²) < 4.78 is 0. The molecule has 3 nitrogen and oxygen atoms in total. The molecule has 0 aromatic carbocycles. The van der Waals surface area contributed by atoms with Gasteiger partial charge in [0.25, 0.3) is 0 Å². The predicted molar refractivity (Wildman–Crippen MR) is 81.4 cm³/mol. The highest BCUT2D eigenvalue weighted by Gasteiger charge is 2.38. The molecule has 0 aliphatic carbocycles. The molecule has 0 bridgehead atoms. The number of hydrogen-bond acceptors (Lipinski definition) is 3. The molecule has 0 aliphatic rings. The summed E-state index contributed by atoms with van der Waals surface area (Å²) >= 11 is 0. The van der Waals surface area contributed by atoms with Gasteiger partial charge in [-0.1, -0.05) is 41.5 Å². The summed E-state index contributed by atoms with van der Waals surface area (Å²) in [5, 5.41) is 0. The van der Waals surface area contributed by atoms with Gasteiger partial charge < -0.3 is 0 Å². The third-order valence-corrected chi connectivity index (χ3v) is 5.98. The molecule has 0 heterocycles. The molecule has 0 aromatic heterocycles. The molecule has 0 saturated heterocycles. The molecule has 0 spiro atoms. The second-order valence-corrected chi connectivity index (χ2v) is 5.83. The molecule has 0 atom stereocenters. The number of hydrogen-bond donors (Lipinski definition) is 0. The zero-order valence-electron chi connectivity index (χ0n) is 13.1. The van der Waals surface area contributed by atoms with E-state index in [9.17, 15) is 0 Å². The van der Waals surface area contributed by atoms with E-state index in [1.54, 1.807) is 0 Å². The molecule has 0 radical (unpaired) electrons. The Balaban J connectivity index is 5.29. The topological polar surface area (TPSA) is 9.72 Å². The third kappa shape index (κ3) is 3.53. The average Bonchev–Trinajstić information content (AvgIpc) is 2.33. The fraction of sp³-hybridized carbons (Fsp3) is 1.00. The van der Waals surface area contributed by atoms with E-state index in [0.29, 0.717) is 0 Å². The largest absolute Gasteiger partial charge is 0.278 e. The van der Waals surface area contributed by atoms with Crippen LogP contribution in [0, 0.1) is 0 Å². The Labute approximate surface area is 112 Å². The molecule has 0 amide bonds. The van der Waals surface area contributed by atoms with E-state index in [-0.39, 0.29) is 5.41 Å².